The molecule has 0 heterocycles. The molecule has 0 atom stereocenters. The molecule has 92 valence electrons. The molecule has 0 saturated carbocycles. The van der Waals surface area contributed by atoms with Gasteiger partial charge in [-0.25, -0.2) is 10.3 Å². The third-order valence-electron chi connectivity index (χ3n) is 1.70. The molecule has 0 fully saturated rings. The van der Waals surface area contributed by atoms with Gasteiger partial charge < -0.3 is 5.21 Å². The van der Waals surface area contributed by atoms with E-state index in [0.29, 0.717) is 15.6 Å². The zero-order valence-electron chi connectivity index (χ0n) is 8.48. The minimum Gasteiger partial charge on any atom is -0.410 e. The largest absolute Gasteiger partial charge is 0.410 e. The van der Waals surface area contributed by atoms with Crippen molar-refractivity contribution in [3.05, 3.63) is 33.8 Å². The first-order valence-corrected chi connectivity index (χ1v) is 5.18. The van der Waals surface area contributed by atoms with Gasteiger partial charge in [0, 0.05) is 15.6 Å². The third-order valence-corrected chi connectivity index (χ3v) is 2.40. The van der Waals surface area contributed by atoms with Gasteiger partial charge in [0.2, 0.25) is 0 Å². The van der Waals surface area contributed by atoms with Crippen LogP contribution in [0.5, 0.6) is 0 Å². The van der Waals surface area contributed by atoms with Crippen LogP contribution >= 0.6 is 23.2 Å². The number of halogens is 2. The number of nitrogens with zero attached hydrogens (tertiary/aromatic N) is 1. The number of rotatable bonds is 4. The molecule has 0 aliphatic heterocycles. The molecule has 1 aromatic rings. The Labute approximate surface area is 107 Å². The average molecular weight is 278 g/mol. The van der Waals surface area contributed by atoms with Crippen molar-refractivity contribution in [2.75, 3.05) is 0 Å². The van der Waals surface area contributed by atoms with E-state index in [1.165, 1.54) is 0 Å². The number of carbonyl (C=O) groups is 1. The van der Waals surface area contributed by atoms with Gasteiger partial charge in [-0.2, -0.15) is 0 Å². The molecule has 0 radical (unpaired) electrons. The summed E-state index contributed by atoms with van der Waals surface area (Å²) in [5.74, 6) is 0. The molecule has 0 aliphatic carbocycles. The summed E-state index contributed by atoms with van der Waals surface area (Å²) in [6.45, 7) is 0.0161. The normalized spacial score (nSPS) is 10.5. The van der Waals surface area contributed by atoms with Gasteiger partial charge >= 0.3 is 6.03 Å². The molecule has 1 aromatic carbocycles. The van der Waals surface area contributed by atoms with E-state index in [9.17, 15) is 4.79 Å². The molecule has 0 bridgehead atoms. The van der Waals surface area contributed by atoms with Crippen LogP contribution in [0.3, 0.4) is 0 Å². The highest BCUT2D eigenvalue weighted by Crippen LogP contribution is 2.24. The van der Waals surface area contributed by atoms with E-state index < -0.39 is 6.03 Å². The second kappa shape index (κ2) is 6.95. The van der Waals surface area contributed by atoms with Gasteiger partial charge in [0.1, 0.15) is 12.9 Å². The van der Waals surface area contributed by atoms with Gasteiger partial charge in [-0.15, -0.1) is 0 Å². The zero-order chi connectivity index (χ0) is 12.7. The Hall–Kier alpha value is -1.50. The predicted octanol–water partition coefficient (Wildman–Crippen LogP) is 2.14. The maximum atomic E-state index is 10.9. The van der Waals surface area contributed by atoms with Crippen LogP contribution in [0, 0.1) is 0 Å². The Morgan fingerprint density at radius 3 is 2.71 bits per heavy atom. The second-order valence-electron chi connectivity index (χ2n) is 2.81. The SMILES string of the molecule is O=C(N/C=N\O)NOCc1c(Cl)cccc1Cl. The Morgan fingerprint density at radius 1 is 1.47 bits per heavy atom. The van der Waals surface area contributed by atoms with Crippen LogP contribution in [0.2, 0.25) is 10.0 Å². The fourth-order valence-corrected chi connectivity index (χ4v) is 1.47. The molecule has 8 heteroatoms. The minimum atomic E-state index is -0.689. The van der Waals surface area contributed by atoms with E-state index in [1.807, 2.05) is 0 Å². The lowest BCUT2D eigenvalue weighted by Gasteiger charge is -2.08. The second-order valence-corrected chi connectivity index (χ2v) is 3.62. The van der Waals surface area contributed by atoms with Crippen molar-refractivity contribution in [1.82, 2.24) is 10.8 Å². The van der Waals surface area contributed by atoms with Crippen molar-refractivity contribution in [3.8, 4) is 0 Å². The molecule has 3 N–H and O–H groups in total. The van der Waals surface area contributed by atoms with Crippen LogP contribution < -0.4 is 10.8 Å². The lowest BCUT2D eigenvalue weighted by Crippen LogP contribution is -2.34. The first-order valence-electron chi connectivity index (χ1n) is 4.42. The molecule has 0 aliphatic rings. The number of oxime groups is 1. The molecule has 6 nitrogen and oxygen atoms in total. The first kappa shape index (κ1) is 13.6. The summed E-state index contributed by atoms with van der Waals surface area (Å²) >= 11 is 11.8. The molecule has 0 saturated heterocycles. The third kappa shape index (κ3) is 4.48. The Balaban J connectivity index is 2.43. The summed E-state index contributed by atoms with van der Waals surface area (Å²) in [5, 5.41) is 13.6. The number of urea groups is 1. The van der Waals surface area contributed by atoms with E-state index in [1.54, 1.807) is 18.2 Å². The van der Waals surface area contributed by atoms with E-state index in [4.69, 9.17) is 33.2 Å². The monoisotopic (exact) mass is 277 g/mol. The molecule has 0 aromatic heterocycles. The summed E-state index contributed by atoms with van der Waals surface area (Å²) in [6, 6.07) is 4.33. The van der Waals surface area contributed by atoms with Gasteiger partial charge in [-0.3, -0.25) is 10.2 Å². The van der Waals surface area contributed by atoms with Gasteiger partial charge in [-0.1, -0.05) is 34.4 Å². The minimum absolute atomic E-state index is 0.0161. The highest BCUT2D eigenvalue weighted by molar-refractivity contribution is 6.35. The smallest absolute Gasteiger partial charge is 0.343 e. The van der Waals surface area contributed by atoms with Crippen molar-refractivity contribution in [3.63, 3.8) is 0 Å². The van der Waals surface area contributed by atoms with Gasteiger partial charge in [0.05, 0.1) is 0 Å². The maximum Gasteiger partial charge on any atom is 0.343 e. The number of hydrogen-bond acceptors (Lipinski definition) is 4. The van der Waals surface area contributed by atoms with Crippen molar-refractivity contribution in [2.24, 2.45) is 5.16 Å². The topological polar surface area (TPSA) is 83.0 Å². The van der Waals surface area contributed by atoms with Crippen molar-refractivity contribution < 1.29 is 14.8 Å². The number of amides is 2. The number of hydroxylamine groups is 1. The standard InChI is InChI=1S/C9H9Cl2N3O3/c10-7-2-1-3-8(11)6(7)4-17-14-9(15)12-5-13-16/h1-3,5,16H,4H2,(H2,12,13,14,15). The Bertz CT molecular complexity index is 406. The van der Waals surface area contributed by atoms with E-state index in [2.05, 4.69) is 16.0 Å². The van der Waals surface area contributed by atoms with Gasteiger partial charge in [-0.05, 0) is 12.1 Å². The van der Waals surface area contributed by atoms with Crippen molar-refractivity contribution in [1.29, 1.82) is 0 Å². The van der Waals surface area contributed by atoms with Gasteiger partial charge in [0.15, 0.2) is 0 Å². The van der Waals surface area contributed by atoms with Crippen LogP contribution in [-0.4, -0.2) is 17.6 Å². The fourth-order valence-electron chi connectivity index (χ4n) is 0.961. The molecule has 0 unspecified atom stereocenters. The summed E-state index contributed by atoms with van der Waals surface area (Å²) in [4.78, 5) is 15.8. The van der Waals surface area contributed by atoms with E-state index in [0.717, 1.165) is 6.34 Å². The van der Waals surface area contributed by atoms with Crippen molar-refractivity contribution in [2.45, 2.75) is 6.61 Å². The van der Waals surface area contributed by atoms with E-state index in [-0.39, 0.29) is 6.61 Å². The molecule has 1 rings (SSSR count). The lowest BCUT2D eigenvalue weighted by molar-refractivity contribution is 0.0507. The predicted molar refractivity (Wildman–Crippen MR) is 63.2 cm³/mol. The molecule has 2 amide bonds. The number of carbonyl (C=O) groups excluding carboxylic acids is 1. The summed E-state index contributed by atoms with van der Waals surface area (Å²) in [7, 11) is 0. The summed E-state index contributed by atoms with van der Waals surface area (Å²) in [5.41, 5.74) is 2.61. The summed E-state index contributed by atoms with van der Waals surface area (Å²) < 4.78 is 0. The maximum absolute atomic E-state index is 10.9. The molecule has 17 heavy (non-hydrogen) atoms. The Kier molecular flexibility index (Phi) is 5.55. The van der Waals surface area contributed by atoms with Crippen LogP contribution in [-0.2, 0) is 11.4 Å². The quantitative estimate of drug-likeness (QED) is 0.341. The van der Waals surface area contributed by atoms with Crippen LogP contribution in [0.4, 0.5) is 4.79 Å². The number of benzene rings is 1. The van der Waals surface area contributed by atoms with Crippen LogP contribution in [0.15, 0.2) is 23.4 Å². The number of hydrogen-bond donors (Lipinski definition) is 3. The molecular formula is C9H9Cl2N3O3. The molecule has 0 spiro atoms. The number of nitrogens with one attached hydrogen (secondary N) is 2. The van der Waals surface area contributed by atoms with Crippen LogP contribution in [0.25, 0.3) is 0 Å². The average Bonchev–Trinajstić information content (AvgIpc) is 2.30. The fraction of sp³-hybridized carbons (Fsp3) is 0.111. The highest BCUT2D eigenvalue weighted by atomic mass is 35.5. The van der Waals surface area contributed by atoms with E-state index >= 15 is 0 Å². The van der Waals surface area contributed by atoms with Crippen LogP contribution in [0.1, 0.15) is 5.56 Å². The lowest BCUT2D eigenvalue weighted by atomic mass is 10.2. The van der Waals surface area contributed by atoms with Crippen molar-refractivity contribution >= 4 is 35.6 Å². The Morgan fingerprint density at radius 2 is 2.12 bits per heavy atom. The molecular weight excluding hydrogens is 269 g/mol. The van der Waals surface area contributed by atoms with Gasteiger partial charge in [0.25, 0.3) is 0 Å². The first-order chi connectivity index (χ1) is 8.15. The highest BCUT2D eigenvalue weighted by Gasteiger charge is 2.06. The summed E-state index contributed by atoms with van der Waals surface area (Å²) in [6.07, 6.45) is 0.793. The zero-order valence-corrected chi connectivity index (χ0v) is 10.00.